The molecule has 2 heterocycles. The molecule has 0 atom stereocenters. The van der Waals surface area contributed by atoms with E-state index in [0.29, 0.717) is 0 Å². The van der Waals surface area contributed by atoms with Gasteiger partial charge < -0.3 is 8.98 Å². The monoisotopic (exact) mass is 661 g/mol. The summed E-state index contributed by atoms with van der Waals surface area (Å²) in [7, 11) is 0. The van der Waals surface area contributed by atoms with Gasteiger partial charge in [-0.1, -0.05) is 127 Å². The largest absolute Gasteiger partial charge is 0.456 e. The van der Waals surface area contributed by atoms with Gasteiger partial charge in [0, 0.05) is 27.2 Å². The van der Waals surface area contributed by atoms with Crippen molar-refractivity contribution in [1.29, 1.82) is 0 Å². The van der Waals surface area contributed by atoms with Gasteiger partial charge in [-0.2, -0.15) is 0 Å². The zero-order valence-corrected chi connectivity index (χ0v) is 28.3. The predicted molar refractivity (Wildman–Crippen MR) is 219 cm³/mol. The Labute approximate surface area is 300 Å². The van der Waals surface area contributed by atoms with Gasteiger partial charge in [-0.15, -0.1) is 0 Å². The zero-order chi connectivity index (χ0) is 34.2. The zero-order valence-electron chi connectivity index (χ0n) is 28.3. The van der Waals surface area contributed by atoms with Crippen LogP contribution in [-0.4, -0.2) is 4.57 Å². The molecule has 0 fully saturated rings. The van der Waals surface area contributed by atoms with Gasteiger partial charge in [0.2, 0.25) is 0 Å². The lowest BCUT2D eigenvalue weighted by atomic mass is 9.95. The summed E-state index contributed by atoms with van der Waals surface area (Å²) in [6.07, 6.45) is 0. The molecule has 0 bridgehead atoms. The highest BCUT2D eigenvalue weighted by molar-refractivity contribution is 6.11. The molecule has 0 aliphatic carbocycles. The van der Waals surface area contributed by atoms with Crippen molar-refractivity contribution in [2.75, 3.05) is 0 Å². The second kappa shape index (κ2) is 11.3. The lowest BCUT2D eigenvalue weighted by molar-refractivity contribution is 0.669. The highest BCUT2D eigenvalue weighted by Crippen LogP contribution is 2.38. The molecule has 0 radical (unpaired) electrons. The minimum Gasteiger partial charge on any atom is -0.456 e. The Morgan fingerprint density at radius 2 is 0.788 bits per heavy atom. The Morgan fingerprint density at radius 1 is 0.288 bits per heavy atom. The summed E-state index contributed by atoms with van der Waals surface area (Å²) in [5.41, 5.74) is 12.7. The maximum atomic E-state index is 6.14. The first-order valence-electron chi connectivity index (χ1n) is 17.8. The number of aromatic nitrogens is 1. The molecular formula is C50H31NO. The van der Waals surface area contributed by atoms with Gasteiger partial charge in [0.25, 0.3) is 0 Å². The molecule has 242 valence electrons. The van der Waals surface area contributed by atoms with Gasteiger partial charge in [0.1, 0.15) is 11.2 Å². The van der Waals surface area contributed by atoms with Gasteiger partial charge in [-0.3, -0.25) is 0 Å². The molecule has 11 aromatic rings. The van der Waals surface area contributed by atoms with Crippen molar-refractivity contribution in [2.24, 2.45) is 0 Å². The van der Waals surface area contributed by atoms with Crippen LogP contribution in [0.2, 0.25) is 0 Å². The van der Waals surface area contributed by atoms with Crippen LogP contribution in [0.4, 0.5) is 0 Å². The summed E-state index contributed by atoms with van der Waals surface area (Å²) in [5.74, 6) is 0. The smallest absolute Gasteiger partial charge is 0.135 e. The summed E-state index contributed by atoms with van der Waals surface area (Å²) in [6.45, 7) is 0. The third kappa shape index (κ3) is 4.58. The maximum absolute atomic E-state index is 6.14. The summed E-state index contributed by atoms with van der Waals surface area (Å²) < 4.78 is 8.52. The van der Waals surface area contributed by atoms with Crippen molar-refractivity contribution in [3.8, 4) is 39.1 Å². The van der Waals surface area contributed by atoms with Gasteiger partial charge in [0.15, 0.2) is 0 Å². The normalized spacial score (nSPS) is 11.8. The molecule has 52 heavy (non-hydrogen) atoms. The fourth-order valence-corrected chi connectivity index (χ4v) is 8.11. The Morgan fingerprint density at radius 3 is 1.54 bits per heavy atom. The van der Waals surface area contributed by atoms with Crippen LogP contribution < -0.4 is 0 Å². The fraction of sp³-hybridized carbons (Fsp3) is 0. The van der Waals surface area contributed by atoms with E-state index < -0.39 is 0 Å². The molecule has 0 saturated heterocycles. The van der Waals surface area contributed by atoms with E-state index in [4.69, 9.17) is 4.42 Å². The molecule has 2 heteroatoms. The molecule has 9 aromatic carbocycles. The topological polar surface area (TPSA) is 18.1 Å². The van der Waals surface area contributed by atoms with Crippen molar-refractivity contribution in [3.05, 3.63) is 188 Å². The number of benzene rings is 9. The van der Waals surface area contributed by atoms with Crippen LogP contribution in [0.15, 0.2) is 192 Å². The van der Waals surface area contributed by atoms with Crippen LogP contribution in [0.3, 0.4) is 0 Å². The van der Waals surface area contributed by atoms with Crippen LogP contribution in [0.25, 0.3) is 104 Å². The first kappa shape index (κ1) is 28.9. The van der Waals surface area contributed by atoms with E-state index in [1.54, 1.807) is 0 Å². The second-order valence-corrected chi connectivity index (χ2v) is 13.8. The summed E-state index contributed by atoms with van der Waals surface area (Å²) in [6, 6.07) is 68.2. The number of rotatable bonds is 4. The molecule has 0 saturated carbocycles. The van der Waals surface area contributed by atoms with E-state index >= 15 is 0 Å². The summed E-state index contributed by atoms with van der Waals surface area (Å²) in [5, 5.41) is 9.78. The second-order valence-electron chi connectivity index (χ2n) is 13.8. The predicted octanol–water partition coefficient (Wildman–Crippen LogP) is 14.0. The van der Waals surface area contributed by atoms with E-state index in [9.17, 15) is 0 Å². The van der Waals surface area contributed by atoms with Crippen molar-refractivity contribution in [2.45, 2.75) is 0 Å². The summed E-state index contributed by atoms with van der Waals surface area (Å²) in [4.78, 5) is 0. The lowest BCUT2D eigenvalue weighted by Gasteiger charge is -2.10. The Bertz CT molecular complexity index is 3180. The first-order valence-corrected chi connectivity index (χ1v) is 17.8. The van der Waals surface area contributed by atoms with Crippen LogP contribution >= 0.6 is 0 Å². The van der Waals surface area contributed by atoms with Crippen LogP contribution in [-0.2, 0) is 0 Å². The minimum absolute atomic E-state index is 0.909. The molecule has 2 nitrogen and oxygen atoms in total. The lowest BCUT2D eigenvalue weighted by Crippen LogP contribution is -1.93. The van der Waals surface area contributed by atoms with E-state index in [2.05, 4.69) is 180 Å². The quantitative estimate of drug-likeness (QED) is 0.184. The van der Waals surface area contributed by atoms with Crippen molar-refractivity contribution >= 4 is 65.3 Å². The average Bonchev–Trinajstić information content (AvgIpc) is 3.75. The number of furan rings is 1. The van der Waals surface area contributed by atoms with E-state index in [1.165, 1.54) is 76.7 Å². The molecule has 0 aliphatic heterocycles. The number of fused-ring (bicyclic) bond motifs is 8. The van der Waals surface area contributed by atoms with E-state index in [-0.39, 0.29) is 0 Å². The number of hydrogen-bond donors (Lipinski definition) is 0. The van der Waals surface area contributed by atoms with Crippen molar-refractivity contribution < 1.29 is 4.42 Å². The number of para-hydroxylation sites is 2. The molecule has 11 rings (SSSR count). The first-order chi connectivity index (χ1) is 25.7. The van der Waals surface area contributed by atoms with Gasteiger partial charge >= 0.3 is 0 Å². The number of nitrogens with zero attached hydrogens (tertiary/aromatic N) is 1. The van der Waals surface area contributed by atoms with E-state index in [0.717, 1.165) is 27.6 Å². The fourth-order valence-electron chi connectivity index (χ4n) is 8.11. The minimum atomic E-state index is 0.909. The third-order valence-corrected chi connectivity index (χ3v) is 10.8. The molecular weight excluding hydrogens is 631 g/mol. The van der Waals surface area contributed by atoms with Crippen LogP contribution in [0.5, 0.6) is 0 Å². The van der Waals surface area contributed by atoms with Crippen molar-refractivity contribution in [3.63, 3.8) is 0 Å². The Balaban J connectivity index is 0.931. The van der Waals surface area contributed by atoms with Gasteiger partial charge in [-0.25, -0.2) is 0 Å². The molecule has 0 amide bonds. The third-order valence-electron chi connectivity index (χ3n) is 10.8. The van der Waals surface area contributed by atoms with Gasteiger partial charge in [0.05, 0.1) is 11.0 Å². The molecule has 0 N–H and O–H groups in total. The van der Waals surface area contributed by atoms with Crippen LogP contribution in [0.1, 0.15) is 0 Å². The van der Waals surface area contributed by atoms with E-state index in [1.807, 2.05) is 12.1 Å². The SMILES string of the molecule is c1ccc2cc(-c3ccc4cc(-c5ccc(-c6ccc7c(c6)c6ccccc6n7-c6ccc7oc8ccccc8c7c6)cc5)ccc4c3)ccc2c1. The van der Waals surface area contributed by atoms with Crippen LogP contribution in [0, 0.1) is 0 Å². The average molecular weight is 662 g/mol. The highest BCUT2D eigenvalue weighted by Gasteiger charge is 2.15. The standard InChI is InChI=1S/C50H31NO/c1-2-8-35-27-37(18-17-32(35)7-1)40-22-21-38-28-36(19-20-39(38)29-40)33-13-15-34(16-14-33)41-23-25-48-45(30-41)43-9-3-5-11-47(43)51(48)42-24-26-50-46(31-42)44-10-4-6-12-49(44)52-50/h1-31H. The molecule has 0 spiro atoms. The molecule has 0 aliphatic rings. The maximum Gasteiger partial charge on any atom is 0.135 e. The van der Waals surface area contributed by atoms with Crippen molar-refractivity contribution in [1.82, 2.24) is 4.57 Å². The molecule has 2 aromatic heterocycles. The molecule has 0 unspecified atom stereocenters. The van der Waals surface area contributed by atoms with Gasteiger partial charge in [-0.05, 0) is 116 Å². The summed E-state index contributed by atoms with van der Waals surface area (Å²) >= 11 is 0. The highest BCUT2D eigenvalue weighted by atomic mass is 16.3. The number of hydrogen-bond acceptors (Lipinski definition) is 1. The Hall–Kier alpha value is -6.90. The Kier molecular flexibility index (Phi) is 6.28.